The van der Waals surface area contributed by atoms with Gasteiger partial charge >= 0.3 is 12.1 Å². The highest BCUT2D eigenvalue weighted by atomic mass is 16.6. The van der Waals surface area contributed by atoms with Gasteiger partial charge in [0, 0.05) is 17.8 Å². The first-order valence-corrected chi connectivity index (χ1v) is 9.01. The number of benzene rings is 2. The number of ether oxygens (including phenoxy) is 1. The zero-order valence-electron chi connectivity index (χ0n) is 16.6. The molecule has 2 aromatic carbocycles. The summed E-state index contributed by atoms with van der Waals surface area (Å²) in [7, 11) is 0. The lowest BCUT2D eigenvalue weighted by Gasteiger charge is -2.23. The summed E-state index contributed by atoms with van der Waals surface area (Å²) in [6.45, 7) is 5.18. The number of rotatable bonds is 6. The van der Waals surface area contributed by atoms with Crippen LogP contribution in [0.3, 0.4) is 0 Å². The maximum atomic E-state index is 12.8. The number of amides is 2. The second kappa shape index (κ2) is 9.09. The second-order valence-corrected chi connectivity index (χ2v) is 7.52. The van der Waals surface area contributed by atoms with Gasteiger partial charge in [0.1, 0.15) is 11.6 Å². The predicted octanol–water partition coefficient (Wildman–Crippen LogP) is 3.04. The zero-order chi connectivity index (χ0) is 21.6. The molecule has 0 aliphatic rings. The van der Waals surface area contributed by atoms with Crippen LogP contribution in [0.4, 0.5) is 16.2 Å². The van der Waals surface area contributed by atoms with Gasteiger partial charge in [-0.15, -0.1) is 0 Å². The van der Waals surface area contributed by atoms with Crippen molar-refractivity contribution >= 4 is 29.3 Å². The SMILES string of the molecule is CC(C)(C)OC(=O)N[C@@H](Cc1ccc(N)cc1)C(=O)Nc1ccc(C(=O)O)cc1. The van der Waals surface area contributed by atoms with Crippen molar-refractivity contribution in [3.63, 3.8) is 0 Å². The number of aromatic carboxylic acids is 1. The Morgan fingerprint density at radius 2 is 1.62 bits per heavy atom. The molecule has 8 heteroatoms. The average Bonchev–Trinajstić information content (AvgIpc) is 2.62. The van der Waals surface area contributed by atoms with Crippen molar-refractivity contribution in [2.45, 2.75) is 38.8 Å². The molecule has 2 rings (SSSR count). The van der Waals surface area contributed by atoms with Gasteiger partial charge in [0.25, 0.3) is 0 Å². The largest absolute Gasteiger partial charge is 0.478 e. The van der Waals surface area contributed by atoms with E-state index in [1.54, 1.807) is 45.0 Å². The van der Waals surface area contributed by atoms with E-state index in [2.05, 4.69) is 10.6 Å². The van der Waals surface area contributed by atoms with Crippen LogP contribution in [0.5, 0.6) is 0 Å². The third-order valence-corrected chi connectivity index (χ3v) is 3.83. The molecule has 8 nitrogen and oxygen atoms in total. The number of nitrogens with two attached hydrogens (primary N) is 1. The minimum Gasteiger partial charge on any atom is -0.478 e. The number of hydrogen-bond donors (Lipinski definition) is 4. The fourth-order valence-corrected chi connectivity index (χ4v) is 2.47. The van der Waals surface area contributed by atoms with Crippen molar-refractivity contribution in [1.29, 1.82) is 0 Å². The number of nitrogens with one attached hydrogen (secondary N) is 2. The van der Waals surface area contributed by atoms with E-state index in [0.29, 0.717) is 11.4 Å². The van der Waals surface area contributed by atoms with E-state index in [1.165, 1.54) is 24.3 Å². The highest BCUT2D eigenvalue weighted by Crippen LogP contribution is 2.13. The maximum absolute atomic E-state index is 12.8. The van der Waals surface area contributed by atoms with Gasteiger partial charge < -0.3 is 26.2 Å². The maximum Gasteiger partial charge on any atom is 0.408 e. The van der Waals surface area contributed by atoms with Crippen LogP contribution < -0.4 is 16.4 Å². The highest BCUT2D eigenvalue weighted by Gasteiger charge is 2.25. The first-order valence-electron chi connectivity index (χ1n) is 9.01. The van der Waals surface area contributed by atoms with Gasteiger partial charge in [-0.2, -0.15) is 0 Å². The van der Waals surface area contributed by atoms with Gasteiger partial charge in [-0.25, -0.2) is 9.59 Å². The molecule has 0 fully saturated rings. The Morgan fingerprint density at radius 3 is 2.14 bits per heavy atom. The van der Waals surface area contributed by atoms with Crippen LogP contribution in [-0.4, -0.2) is 34.7 Å². The smallest absolute Gasteiger partial charge is 0.408 e. The fourth-order valence-electron chi connectivity index (χ4n) is 2.47. The first kappa shape index (κ1) is 21.7. The van der Waals surface area contributed by atoms with Crippen LogP contribution in [0, 0.1) is 0 Å². The lowest BCUT2D eigenvalue weighted by molar-refractivity contribution is -0.118. The van der Waals surface area contributed by atoms with Crippen molar-refractivity contribution in [1.82, 2.24) is 5.32 Å². The van der Waals surface area contributed by atoms with Gasteiger partial charge in [0.15, 0.2) is 0 Å². The normalized spacial score (nSPS) is 12.0. The van der Waals surface area contributed by atoms with Crippen molar-refractivity contribution in [3.05, 3.63) is 59.7 Å². The number of nitrogen functional groups attached to an aromatic ring is 1. The fraction of sp³-hybridized carbons (Fsp3) is 0.286. The van der Waals surface area contributed by atoms with Crippen molar-refractivity contribution in [2.75, 3.05) is 11.1 Å². The molecule has 0 spiro atoms. The molecule has 0 aliphatic heterocycles. The molecule has 0 unspecified atom stereocenters. The molecule has 154 valence electrons. The lowest BCUT2D eigenvalue weighted by atomic mass is 10.0. The van der Waals surface area contributed by atoms with Gasteiger partial charge in [-0.05, 0) is 62.7 Å². The molecular weight excluding hydrogens is 374 g/mol. The quantitative estimate of drug-likeness (QED) is 0.552. The molecule has 0 radical (unpaired) electrons. The van der Waals surface area contributed by atoms with E-state index >= 15 is 0 Å². The third-order valence-electron chi connectivity index (χ3n) is 3.83. The van der Waals surface area contributed by atoms with Crippen LogP contribution in [0.1, 0.15) is 36.7 Å². The van der Waals surface area contributed by atoms with Gasteiger partial charge in [0.2, 0.25) is 5.91 Å². The van der Waals surface area contributed by atoms with Crippen LogP contribution in [0.2, 0.25) is 0 Å². The Balaban J connectivity index is 2.15. The molecular formula is C21H25N3O5. The molecule has 1 atom stereocenters. The molecule has 0 aliphatic carbocycles. The topological polar surface area (TPSA) is 131 Å². The Kier molecular flexibility index (Phi) is 6.82. The van der Waals surface area contributed by atoms with Crippen LogP contribution >= 0.6 is 0 Å². The summed E-state index contributed by atoms with van der Waals surface area (Å²) in [5, 5.41) is 14.2. The summed E-state index contributed by atoms with van der Waals surface area (Å²) in [5.41, 5.74) is 6.89. The van der Waals surface area contributed by atoms with E-state index in [1.807, 2.05) is 0 Å². The molecule has 2 amide bonds. The van der Waals surface area contributed by atoms with Crippen LogP contribution in [0.15, 0.2) is 48.5 Å². The minimum absolute atomic E-state index is 0.105. The summed E-state index contributed by atoms with van der Waals surface area (Å²) in [6.07, 6.45) is -0.493. The molecule has 2 aromatic rings. The predicted molar refractivity (Wildman–Crippen MR) is 110 cm³/mol. The standard InChI is InChI=1S/C21H25N3O5/c1-21(2,3)29-20(28)24-17(12-13-4-8-15(22)9-5-13)18(25)23-16-10-6-14(7-11-16)19(26)27/h4-11,17H,12,22H2,1-3H3,(H,23,25)(H,24,28)(H,26,27)/t17-/m0/s1. The van der Waals surface area contributed by atoms with E-state index in [9.17, 15) is 14.4 Å². The van der Waals surface area contributed by atoms with Gasteiger partial charge in [-0.1, -0.05) is 12.1 Å². The Hall–Kier alpha value is -3.55. The average molecular weight is 399 g/mol. The van der Waals surface area contributed by atoms with E-state index in [-0.39, 0.29) is 12.0 Å². The summed E-state index contributed by atoms with van der Waals surface area (Å²) in [5.74, 6) is -1.52. The Morgan fingerprint density at radius 1 is 1.03 bits per heavy atom. The van der Waals surface area contributed by atoms with E-state index < -0.39 is 29.6 Å². The third kappa shape index (κ3) is 7.17. The first-order chi connectivity index (χ1) is 13.5. The molecule has 0 bridgehead atoms. The molecule has 5 N–H and O–H groups in total. The summed E-state index contributed by atoms with van der Waals surface area (Å²) < 4.78 is 5.25. The minimum atomic E-state index is -1.06. The summed E-state index contributed by atoms with van der Waals surface area (Å²) >= 11 is 0. The highest BCUT2D eigenvalue weighted by molar-refractivity contribution is 5.97. The number of carbonyl (C=O) groups excluding carboxylic acids is 2. The number of anilines is 2. The molecule has 0 saturated heterocycles. The Bertz CT molecular complexity index is 871. The number of carbonyl (C=O) groups is 3. The number of hydrogen-bond acceptors (Lipinski definition) is 5. The second-order valence-electron chi connectivity index (χ2n) is 7.52. The summed E-state index contributed by atoms with van der Waals surface area (Å²) in [6, 6.07) is 11.8. The number of carboxylic acid groups (broad SMARTS) is 1. The molecule has 29 heavy (non-hydrogen) atoms. The lowest BCUT2D eigenvalue weighted by Crippen LogP contribution is -2.47. The van der Waals surface area contributed by atoms with Crippen LogP contribution in [-0.2, 0) is 16.0 Å². The number of carboxylic acids is 1. The van der Waals surface area contributed by atoms with Crippen molar-refractivity contribution in [2.24, 2.45) is 0 Å². The summed E-state index contributed by atoms with van der Waals surface area (Å²) in [4.78, 5) is 35.9. The van der Waals surface area contributed by atoms with Crippen molar-refractivity contribution < 1.29 is 24.2 Å². The van der Waals surface area contributed by atoms with Gasteiger partial charge in [-0.3, -0.25) is 4.79 Å². The number of alkyl carbamates (subject to hydrolysis) is 1. The van der Waals surface area contributed by atoms with Crippen molar-refractivity contribution in [3.8, 4) is 0 Å². The molecule has 0 saturated carbocycles. The zero-order valence-corrected chi connectivity index (χ0v) is 16.6. The van der Waals surface area contributed by atoms with Gasteiger partial charge in [0.05, 0.1) is 5.56 Å². The van der Waals surface area contributed by atoms with Crippen LogP contribution in [0.25, 0.3) is 0 Å². The molecule has 0 heterocycles. The monoisotopic (exact) mass is 399 g/mol. The molecule has 0 aromatic heterocycles. The van der Waals surface area contributed by atoms with E-state index in [0.717, 1.165) is 5.56 Å². The van der Waals surface area contributed by atoms with E-state index in [4.69, 9.17) is 15.6 Å². The Labute approximate surface area is 169 Å².